The number of nitrogens with zero attached hydrogens (tertiary/aromatic N) is 1. The van der Waals surface area contributed by atoms with Crippen molar-refractivity contribution in [2.24, 2.45) is 5.92 Å². The molecular weight excluding hydrogens is 246 g/mol. The Morgan fingerprint density at radius 1 is 1.42 bits per heavy atom. The van der Waals surface area contributed by atoms with E-state index < -0.39 is 5.97 Å². The molecular formula is C14H15NO4. The van der Waals surface area contributed by atoms with Gasteiger partial charge in [-0.25, -0.2) is 4.79 Å². The van der Waals surface area contributed by atoms with Crippen molar-refractivity contribution in [3.63, 3.8) is 0 Å². The Hall–Kier alpha value is -2.17. The van der Waals surface area contributed by atoms with E-state index in [2.05, 4.69) is 0 Å². The largest absolute Gasteiger partial charge is 0.478 e. The Bertz CT molecular complexity index is 538. The maximum atomic E-state index is 11.7. The van der Waals surface area contributed by atoms with Crippen molar-refractivity contribution in [3.8, 4) is 0 Å². The highest BCUT2D eigenvalue weighted by Crippen LogP contribution is 2.19. The van der Waals surface area contributed by atoms with Crippen LogP contribution in [-0.4, -0.2) is 34.3 Å². The molecule has 1 aromatic carbocycles. The lowest BCUT2D eigenvalue weighted by molar-refractivity contribution is -0.139. The fourth-order valence-corrected chi connectivity index (χ4v) is 2.18. The van der Waals surface area contributed by atoms with Crippen LogP contribution >= 0.6 is 0 Å². The van der Waals surface area contributed by atoms with E-state index in [0.717, 1.165) is 5.56 Å². The molecule has 5 nitrogen and oxygen atoms in total. The lowest BCUT2D eigenvalue weighted by Crippen LogP contribution is -2.32. The first-order valence-electron chi connectivity index (χ1n) is 6.15. The summed E-state index contributed by atoms with van der Waals surface area (Å²) in [7, 11) is 0. The molecule has 0 aliphatic carbocycles. The predicted molar refractivity (Wildman–Crippen MR) is 67.6 cm³/mol. The molecule has 1 heterocycles. The number of aromatic carboxylic acids is 1. The van der Waals surface area contributed by atoms with E-state index in [1.165, 1.54) is 11.0 Å². The maximum absolute atomic E-state index is 11.7. The number of rotatable bonds is 4. The summed E-state index contributed by atoms with van der Waals surface area (Å²) >= 11 is 0. The second-order valence-electron chi connectivity index (χ2n) is 4.74. The van der Waals surface area contributed by atoms with Gasteiger partial charge >= 0.3 is 5.97 Å². The Balaban J connectivity index is 2.03. The first-order chi connectivity index (χ1) is 8.99. The highest BCUT2D eigenvalue weighted by Gasteiger charge is 2.34. The van der Waals surface area contributed by atoms with E-state index in [9.17, 15) is 14.4 Å². The van der Waals surface area contributed by atoms with Crippen molar-refractivity contribution >= 4 is 17.8 Å². The fourth-order valence-electron chi connectivity index (χ4n) is 2.18. The number of carbonyl (C=O) groups excluding carboxylic acids is 2. The van der Waals surface area contributed by atoms with Gasteiger partial charge in [0.25, 0.3) is 0 Å². The predicted octanol–water partition coefficient (Wildman–Crippen LogP) is 1.32. The number of amides is 2. The second-order valence-corrected chi connectivity index (χ2v) is 4.74. The summed E-state index contributed by atoms with van der Waals surface area (Å²) < 4.78 is 0. The zero-order valence-corrected chi connectivity index (χ0v) is 10.6. The molecule has 0 saturated carbocycles. The summed E-state index contributed by atoms with van der Waals surface area (Å²) in [5.41, 5.74) is 1.02. The first-order valence-corrected chi connectivity index (χ1v) is 6.15. The number of hydrogen-bond acceptors (Lipinski definition) is 3. The third kappa shape index (κ3) is 2.81. The average Bonchev–Trinajstić information content (AvgIpc) is 2.61. The van der Waals surface area contributed by atoms with Crippen LogP contribution in [0.2, 0.25) is 0 Å². The van der Waals surface area contributed by atoms with Crippen LogP contribution in [0.25, 0.3) is 0 Å². The Kier molecular flexibility index (Phi) is 3.64. The number of benzene rings is 1. The molecule has 0 radical (unpaired) electrons. The molecule has 1 aromatic rings. The summed E-state index contributed by atoms with van der Waals surface area (Å²) in [6.45, 7) is 2.05. The number of hydrogen-bond donors (Lipinski definition) is 1. The van der Waals surface area contributed by atoms with Crippen LogP contribution in [0, 0.1) is 5.92 Å². The minimum atomic E-state index is -0.983. The summed E-state index contributed by atoms with van der Waals surface area (Å²) in [5.74, 6) is -1.51. The molecule has 1 N–H and O–H groups in total. The number of imide groups is 1. The van der Waals surface area contributed by atoms with Crippen molar-refractivity contribution < 1.29 is 19.5 Å². The smallest absolute Gasteiger partial charge is 0.335 e. The topological polar surface area (TPSA) is 74.7 Å². The standard InChI is InChI=1S/C14H15NO4/c1-9-7-12(16)15(13(9)17)6-5-10-3-2-4-11(8-10)14(18)19/h2-4,8-9H,5-7H2,1H3,(H,18,19). The van der Waals surface area contributed by atoms with Gasteiger partial charge in [-0.05, 0) is 24.1 Å². The van der Waals surface area contributed by atoms with Gasteiger partial charge in [-0.15, -0.1) is 0 Å². The maximum Gasteiger partial charge on any atom is 0.335 e. The molecule has 1 aliphatic heterocycles. The van der Waals surface area contributed by atoms with E-state index >= 15 is 0 Å². The number of carboxylic acids is 1. The van der Waals surface area contributed by atoms with Gasteiger partial charge < -0.3 is 5.11 Å². The lowest BCUT2D eigenvalue weighted by atomic mass is 10.1. The molecule has 2 amide bonds. The van der Waals surface area contributed by atoms with E-state index in [0.29, 0.717) is 13.0 Å². The summed E-state index contributed by atoms with van der Waals surface area (Å²) in [6.07, 6.45) is 0.749. The molecule has 1 unspecified atom stereocenters. The molecule has 1 saturated heterocycles. The number of carboxylic acid groups (broad SMARTS) is 1. The van der Waals surface area contributed by atoms with Gasteiger partial charge in [-0.3, -0.25) is 14.5 Å². The van der Waals surface area contributed by atoms with E-state index in [1.54, 1.807) is 25.1 Å². The molecule has 1 fully saturated rings. The van der Waals surface area contributed by atoms with Gasteiger partial charge in [0.15, 0.2) is 0 Å². The molecule has 0 aromatic heterocycles. The van der Waals surface area contributed by atoms with Crippen molar-refractivity contribution in [1.29, 1.82) is 0 Å². The normalized spacial score (nSPS) is 19.0. The van der Waals surface area contributed by atoms with Crippen molar-refractivity contribution in [3.05, 3.63) is 35.4 Å². The van der Waals surface area contributed by atoms with Crippen molar-refractivity contribution in [2.45, 2.75) is 19.8 Å². The van der Waals surface area contributed by atoms with Gasteiger partial charge in [0.1, 0.15) is 0 Å². The molecule has 0 spiro atoms. The molecule has 19 heavy (non-hydrogen) atoms. The Morgan fingerprint density at radius 3 is 2.74 bits per heavy atom. The van der Waals surface area contributed by atoms with Gasteiger partial charge in [-0.1, -0.05) is 19.1 Å². The van der Waals surface area contributed by atoms with Crippen LogP contribution in [-0.2, 0) is 16.0 Å². The molecule has 0 bridgehead atoms. The number of carbonyl (C=O) groups is 3. The van der Waals surface area contributed by atoms with Crippen LogP contribution in [0.3, 0.4) is 0 Å². The molecule has 2 rings (SSSR count). The molecule has 100 valence electrons. The van der Waals surface area contributed by atoms with E-state index in [4.69, 9.17) is 5.11 Å². The third-order valence-electron chi connectivity index (χ3n) is 3.27. The number of likely N-dealkylation sites (tertiary alicyclic amines) is 1. The summed E-state index contributed by atoms with van der Waals surface area (Å²) in [6, 6.07) is 6.53. The minimum Gasteiger partial charge on any atom is -0.478 e. The third-order valence-corrected chi connectivity index (χ3v) is 3.27. The zero-order valence-electron chi connectivity index (χ0n) is 10.6. The van der Waals surface area contributed by atoms with Crippen molar-refractivity contribution in [2.75, 3.05) is 6.54 Å². The molecule has 1 aliphatic rings. The van der Waals surface area contributed by atoms with Crippen LogP contribution in [0.15, 0.2) is 24.3 Å². The Morgan fingerprint density at radius 2 is 2.16 bits per heavy atom. The fraction of sp³-hybridized carbons (Fsp3) is 0.357. The highest BCUT2D eigenvalue weighted by atomic mass is 16.4. The lowest BCUT2D eigenvalue weighted by Gasteiger charge is -2.14. The van der Waals surface area contributed by atoms with Crippen LogP contribution < -0.4 is 0 Å². The monoisotopic (exact) mass is 261 g/mol. The van der Waals surface area contributed by atoms with Crippen LogP contribution in [0.5, 0.6) is 0 Å². The summed E-state index contributed by atoms with van der Waals surface area (Å²) in [5, 5.41) is 8.89. The average molecular weight is 261 g/mol. The highest BCUT2D eigenvalue weighted by molar-refractivity contribution is 6.03. The van der Waals surface area contributed by atoms with Gasteiger partial charge in [0.2, 0.25) is 11.8 Å². The van der Waals surface area contributed by atoms with Crippen molar-refractivity contribution in [1.82, 2.24) is 4.90 Å². The minimum absolute atomic E-state index is 0.139. The van der Waals surface area contributed by atoms with Gasteiger partial charge in [-0.2, -0.15) is 0 Å². The first kappa shape index (κ1) is 13.3. The van der Waals surface area contributed by atoms with Crippen LogP contribution in [0.1, 0.15) is 29.3 Å². The van der Waals surface area contributed by atoms with E-state index in [1.807, 2.05) is 0 Å². The van der Waals surface area contributed by atoms with E-state index in [-0.39, 0.29) is 29.7 Å². The van der Waals surface area contributed by atoms with Crippen LogP contribution in [0.4, 0.5) is 0 Å². The Labute approximate surface area is 110 Å². The SMILES string of the molecule is CC1CC(=O)N(CCc2cccc(C(=O)O)c2)C1=O. The van der Waals surface area contributed by atoms with Gasteiger partial charge in [0.05, 0.1) is 5.56 Å². The van der Waals surface area contributed by atoms with Gasteiger partial charge in [0, 0.05) is 18.9 Å². The molecule has 1 atom stereocenters. The molecule has 5 heteroatoms. The summed E-state index contributed by atoms with van der Waals surface area (Å²) in [4.78, 5) is 35.4. The second kappa shape index (κ2) is 5.22. The quantitative estimate of drug-likeness (QED) is 0.829. The zero-order chi connectivity index (χ0) is 14.0.